The van der Waals surface area contributed by atoms with Crippen molar-refractivity contribution in [3.8, 4) is 5.75 Å². The Morgan fingerprint density at radius 3 is 3.08 bits per heavy atom. The lowest BCUT2D eigenvalue weighted by molar-refractivity contribution is 0.218. The average molecular weight is 178 g/mol. The van der Waals surface area contributed by atoms with Crippen LogP contribution in [0.4, 0.5) is 4.39 Å². The van der Waals surface area contributed by atoms with Crippen LogP contribution in [0.25, 0.3) is 5.57 Å². The summed E-state index contributed by atoms with van der Waals surface area (Å²) in [6, 6.07) is 4.54. The zero-order valence-corrected chi connectivity index (χ0v) is 7.51. The summed E-state index contributed by atoms with van der Waals surface area (Å²) < 4.78 is 18.4. The Kier molecular flexibility index (Phi) is 1.83. The van der Waals surface area contributed by atoms with Gasteiger partial charge in [0.15, 0.2) is 0 Å². The third-order valence-corrected chi connectivity index (χ3v) is 2.18. The molecule has 0 radical (unpaired) electrons. The highest BCUT2D eigenvalue weighted by Gasteiger charge is 2.19. The number of benzene rings is 1. The smallest absolute Gasteiger partial charge is 0.127 e. The zero-order valence-electron chi connectivity index (χ0n) is 7.51. The molecule has 0 saturated carbocycles. The molecule has 2 heteroatoms. The van der Waals surface area contributed by atoms with Gasteiger partial charge in [-0.25, -0.2) is 4.39 Å². The molecule has 1 aliphatic rings. The van der Waals surface area contributed by atoms with Gasteiger partial charge in [0.1, 0.15) is 11.6 Å². The maximum absolute atomic E-state index is 12.9. The molecule has 0 aliphatic carbocycles. The Labute approximate surface area is 76.8 Å². The zero-order chi connectivity index (χ0) is 9.42. The van der Waals surface area contributed by atoms with Crippen molar-refractivity contribution in [3.63, 3.8) is 0 Å². The number of rotatable bonds is 0. The molecule has 1 heterocycles. The third kappa shape index (κ3) is 1.44. The van der Waals surface area contributed by atoms with Crippen LogP contribution in [-0.4, -0.2) is 6.10 Å². The molecule has 13 heavy (non-hydrogen) atoms. The molecule has 0 fully saturated rings. The van der Waals surface area contributed by atoms with Crippen molar-refractivity contribution in [2.24, 2.45) is 0 Å². The van der Waals surface area contributed by atoms with Crippen LogP contribution in [0, 0.1) is 5.82 Å². The number of hydrogen-bond donors (Lipinski definition) is 0. The van der Waals surface area contributed by atoms with Crippen LogP contribution in [0.5, 0.6) is 5.75 Å². The molecular formula is C11H11FO. The molecule has 0 unspecified atom stereocenters. The summed E-state index contributed by atoms with van der Waals surface area (Å²) in [5.74, 6) is 0.503. The van der Waals surface area contributed by atoms with E-state index in [1.54, 1.807) is 6.07 Å². The molecule has 0 aromatic heterocycles. The standard InChI is InChI=1S/C11H11FO/c1-7-5-8(2)13-11-4-3-9(12)6-10(7)11/h3-4,6,8H,1,5H2,2H3/t8-/m1/s1. The van der Waals surface area contributed by atoms with Crippen molar-refractivity contribution in [1.82, 2.24) is 0 Å². The summed E-state index contributed by atoms with van der Waals surface area (Å²) in [5, 5.41) is 0. The maximum atomic E-state index is 12.9. The first kappa shape index (κ1) is 8.30. The molecule has 1 aromatic carbocycles. The van der Waals surface area contributed by atoms with E-state index < -0.39 is 0 Å². The predicted molar refractivity (Wildman–Crippen MR) is 50.1 cm³/mol. The van der Waals surface area contributed by atoms with Crippen LogP contribution in [-0.2, 0) is 0 Å². The topological polar surface area (TPSA) is 9.23 Å². The van der Waals surface area contributed by atoms with E-state index in [1.807, 2.05) is 6.92 Å². The number of hydrogen-bond acceptors (Lipinski definition) is 1. The van der Waals surface area contributed by atoms with Gasteiger partial charge in [0.25, 0.3) is 0 Å². The van der Waals surface area contributed by atoms with Crippen molar-refractivity contribution in [3.05, 3.63) is 36.2 Å². The quantitative estimate of drug-likeness (QED) is 0.593. The van der Waals surface area contributed by atoms with Crippen molar-refractivity contribution < 1.29 is 9.13 Å². The van der Waals surface area contributed by atoms with Gasteiger partial charge in [-0.05, 0) is 30.7 Å². The highest BCUT2D eigenvalue weighted by molar-refractivity contribution is 5.70. The summed E-state index contributed by atoms with van der Waals surface area (Å²) in [6.07, 6.45) is 0.918. The molecule has 0 spiro atoms. The van der Waals surface area contributed by atoms with Crippen LogP contribution in [0.1, 0.15) is 18.9 Å². The molecule has 68 valence electrons. The first-order chi connectivity index (χ1) is 6.16. The summed E-state index contributed by atoms with van der Waals surface area (Å²) in [7, 11) is 0. The van der Waals surface area contributed by atoms with Gasteiger partial charge in [0.2, 0.25) is 0 Å². The molecular weight excluding hydrogens is 167 g/mol. The fraction of sp³-hybridized carbons (Fsp3) is 0.273. The summed E-state index contributed by atoms with van der Waals surface area (Å²) in [5.41, 5.74) is 1.76. The Balaban J connectivity index is 2.49. The van der Waals surface area contributed by atoms with Gasteiger partial charge < -0.3 is 4.74 Å². The molecule has 0 N–H and O–H groups in total. The lowest BCUT2D eigenvalue weighted by Gasteiger charge is -2.24. The number of halogens is 1. The van der Waals surface area contributed by atoms with Gasteiger partial charge in [-0.3, -0.25) is 0 Å². The second-order valence-electron chi connectivity index (χ2n) is 3.38. The SMILES string of the molecule is C=C1C[C@@H](C)Oc2ccc(F)cc21. The molecule has 2 rings (SSSR count). The predicted octanol–water partition coefficient (Wildman–Crippen LogP) is 3.01. The summed E-state index contributed by atoms with van der Waals surface area (Å²) in [6.45, 7) is 5.88. The fourth-order valence-electron chi connectivity index (χ4n) is 1.60. The van der Waals surface area contributed by atoms with Gasteiger partial charge in [-0.2, -0.15) is 0 Å². The summed E-state index contributed by atoms with van der Waals surface area (Å²) in [4.78, 5) is 0. The fourth-order valence-corrected chi connectivity index (χ4v) is 1.60. The molecule has 1 nitrogen and oxygen atoms in total. The Hall–Kier alpha value is -1.31. The largest absolute Gasteiger partial charge is 0.490 e. The minimum absolute atomic E-state index is 0.144. The van der Waals surface area contributed by atoms with Gasteiger partial charge in [-0.1, -0.05) is 6.58 Å². The van der Waals surface area contributed by atoms with E-state index in [9.17, 15) is 4.39 Å². The number of fused-ring (bicyclic) bond motifs is 1. The van der Waals surface area contributed by atoms with Crippen molar-refractivity contribution in [2.75, 3.05) is 0 Å². The Morgan fingerprint density at radius 1 is 1.54 bits per heavy atom. The third-order valence-electron chi connectivity index (χ3n) is 2.18. The molecule has 0 saturated heterocycles. The van der Waals surface area contributed by atoms with E-state index in [0.717, 1.165) is 23.3 Å². The van der Waals surface area contributed by atoms with Gasteiger partial charge in [-0.15, -0.1) is 0 Å². The first-order valence-electron chi connectivity index (χ1n) is 4.31. The van der Waals surface area contributed by atoms with Gasteiger partial charge in [0, 0.05) is 12.0 Å². The molecule has 0 bridgehead atoms. The number of ether oxygens (including phenoxy) is 1. The van der Waals surface area contributed by atoms with Crippen LogP contribution in [0.3, 0.4) is 0 Å². The van der Waals surface area contributed by atoms with E-state index in [0.29, 0.717) is 0 Å². The average Bonchev–Trinajstić information content (AvgIpc) is 2.06. The van der Waals surface area contributed by atoms with Crippen molar-refractivity contribution >= 4 is 5.57 Å². The van der Waals surface area contributed by atoms with Crippen LogP contribution in [0.2, 0.25) is 0 Å². The second kappa shape index (κ2) is 2.87. The Morgan fingerprint density at radius 2 is 2.31 bits per heavy atom. The van der Waals surface area contributed by atoms with E-state index in [2.05, 4.69) is 6.58 Å². The molecule has 1 aliphatic heterocycles. The maximum Gasteiger partial charge on any atom is 0.127 e. The van der Waals surface area contributed by atoms with E-state index >= 15 is 0 Å². The Bertz CT molecular complexity index is 357. The van der Waals surface area contributed by atoms with E-state index in [4.69, 9.17) is 4.74 Å². The van der Waals surface area contributed by atoms with Gasteiger partial charge >= 0.3 is 0 Å². The van der Waals surface area contributed by atoms with Crippen molar-refractivity contribution in [2.45, 2.75) is 19.4 Å². The lowest BCUT2D eigenvalue weighted by Crippen LogP contribution is -2.17. The highest BCUT2D eigenvalue weighted by Crippen LogP contribution is 2.34. The monoisotopic (exact) mass is 178 g/mol. The van der Waals surface area contributed by atoms with Gasteiger partial charge in [0.05, 0.1) is 6.10 Å². The van der Waals surface area contributed by atoms with Crippen molar-refractivity contribution in [1.29, 1.82) is 0 Å². The second-order valence-corrected chi connectivity index (χ2v) is 3.38. The van der Waals surface area contributed by atoms with E-state index in [1.165, 1.54) is 12.1 Å². The van der Waals surface area contributed by atoms with E-state index in [-0.39, 0.29) is 11.9 Å². The first-order valence-corrected chi connectivity index (χ1v) is 4.31. The minimum Gasteiger partial charge on any atom is -0.490 e. The highest BCUT2D eigenvalue weighted by atomic mass is 19.1. The molecule has 1 aromatic rings. The minimum atomic E-state index is -0.238. The van der Waals surface area contributed by atoms with Crippen LogP contribution >= 0.6 is 0 Å². The molecule has 0 amide bonds. The normalized spacial score (nSPS) is 20.8. The lowest BCUT2D eigenvalue weighted by atomic mass is 9.98. The van der Waals surface area contributed by atoms with Crippen LogP contribution < -0.4 is 4.74 Å². The van der Waals surface area contributed by atoms with Crippen LogP contribution in [0.15, 0.2) is 24.8 Å². The summed E-state index contributed by atoms with van der Waals surface area (Å²) >= 11 is 0. The molecule has 1 atom stereocenters.